The maximum Gasteiger partial charge on any atom is 0.263 e. The Bertz CT molecular complexity index is 1180. The molecule has 4 rings (SSSR count). The number of rotatable bonds is 1. The smallest absolute Gasteiger partial charge is 0.263 e. The summed E-state index contributed by atoms with van der Waals surface area (Å²) in [7, 11) is 0. The normalized spacial score (nSPS) is 11.3. The van der Waals surface area contributed by atoms with Gasteiger partial charge in [-0.3, -0.25) is 9.36 Å². The van der Waals surface area contributed by atoms with E-state index in [4.69, 9.17) is 0 Å². The average Bonchev–Trinajstić information content (AvgIpc) is 2.57. The average molecular weight is 329 g/mol. The van der Waals surface area contributed by atoms with Crippen LogP contribution in [0, 0.1) is 20.8 Å². The van der Waals surface area contributed by atoms with E-state index in [1.165, 1.54) is 0 Å². The number of benzene rings is 3. The summed E-state index contributed by atoms with van der Waals surface area (Å²) < 4.78 is 1.73. The molecular weight excluding hydrogens is 310 g/mol. The Labute approximate surface area is 145 Å². The summed E-state index contributed by atoms with van der Waals surface area (Å²) in [5.41, 5.74) is 4.69. The first-order valence-corrected chi connectivity index (χ1v) is 8.32. The van der Waals surface area contributed by atoms with Crippen LogP contribution in [0.15, 0.2) is 59.4 Å². The van der Waals surface area contributed by atoms with Gasteiger partial charge in [-0.1, -0.05) is 35.9 Å². The van der Waals surface area contributed by atoms with Gasteiger partial charge in [0, 0.05) is 16.8 Å². The van der Waals surface area contributed by atoms with E-state index in [0.29, 0.717) is 5.39 Å². The molecule has 0 amide bonds. The zero-order valence-electron chi connectivity index (χ0n) is 14.5. The van der Waals surface area contributed by atoms with Gasteiger partial charge in [-0.15, -0.1) is 0 Å². The van der Waals surface area contributed by atoms with E-state index < -0.39 is 0 Å². The predicted molar refractivity (Wildman–Crippen MR) is 103 cm³/mol. The Kier molecular flexibility index (Phi) is 3.39. The summed E-state index contributed by atoms with van der Waals surface area (Å²) >= 11 is 0. The minimum Gasteiger partial charge on any atom is -0.508 e. The van der Waals surface area contributed by atoms with Gasteiger partial charge in [-0.05, 0) is 55.5 Å². The first-order valence-electron chi connectivity index (χ1n) is 8.32. The standard InChI is InChI=1S/C22H19NO2/c1-13-7-9-18-19(11-13)17-10-8-16(24)12-20(17)23(22(18)25)21-14(2)5-4-6-15(21)3/h4-12,24H,1-3H3. The SMILES string of the molecule is Cc1ccc2c(=O)n(-c3c(C)cccc3C)c3cc(O)ccc3c2c1. The quantitative estimate of drug-likeness (QED) is 0.511. The van der Waals surface area contributed by atoms with Crippen LogP contribution in [0.25, 0.3) is 27.4 Å². The van der Waals surface area contributed by atoms with Gasteiger partial charge in [-0.2, -0.15) is 0 Å². The van der Waals surface area contributed by atoms with Gasteiger partial charge >= 0.3 is 0 Å². The molecule has 3 aromatic carbocycles. The van der Waals surface area contributed by atoms with Crippen LogP contribution in [-0.2, 0) is 0 Å². The number of aromatic nitrogens is 1. The third-order valence-electron chi connectivity index (χ3n) is 4.78. The highest BCUT2D eigenvalue weighted by Gasteiger charge is 2.15. The topological polar surface area (TPSA) is 42.2 Å². The van der Waals surface area contributed by atoms with Crippen molar-refractivity contribution in [3.63, 3.8) is 0 Å². The molecular formula is C22H19NO2. The van der Waals surface area contributed by atoms with Crippen molar-refractivity contribution in [2.75, 3.05) is 0 Å². The van der Waals surface area contributed by atoms with Gasteiger partial charge in [0.05, 0.1) is 11.2 Å². The zero-order chi connectivity index (χ0) is 17.7. The number of nitrogens with zero attached hydrogens (tertiary/aromatic N) is 1. The fourth-order valence-electron chi connectivity index (χ4n) is 3.61. The number of hydrogen-bond donors (Lipinski definition) is 1. The van der Waals surface area contributed by atoms with E-state index in [1.807, 2.05) is 63.2 Å². The lowest BCUT2D eigenvalue weighted by atomic mass is 10.0. The summed E-state index contributed by atoms with van der Waals surface area (Å²) in [5, 5.41) is 12.6. The predicted octanol–water partition coefficient (Wildman–Crippen LogP) is 4.77. The molecule has 0 aliphatic rings. The lowest BCUT2D eigenvalue weighted by Gasteiger charge is -2.17. The highest BCUT2D eigenvalue weighted by atomic mass is 16.3. The molecule has 1 aromatic heterocycles. The first-order chi connectivity index (χ1) is 12.0. The molecule has 0 bridgehead atoms. The molecule has 0 unspecified atom stereocenters. The Morgan fingerprint density at radius 1 is 0.800 bits per heavy atom. The van der Waals surface area contributed by atoms with Crippen LogP contribution in [0.5, 0.6) is 5.75 Å². The maximum absolute atomic E-state index is 13.4. The van der Waals surface area contributed by atoms with Crippen molar-refractivity contribution in [1.82, 2.24) is 4.57 Å². The van der Waals surface area contributed by atoms with E-state index in [1.54, 1.807) is 16.7 Å². The fourth-order valence-corrected chi connectivity index (χ4v) is 3.61. The van der Waals surface area contributed by atoms with Crippen LogP contribution in [0.3, 0.4) is 0 Å². The van der Waals surface area contributed by atoms with Crippen molar-refractivity contribution < 1.29 is 5.11 Å². The van der Waals surface area contributed by atoms with Crippen molar-refractivity contribution in [2.45, 2.75) is 20.8 Å². The molecule has 124 valence electrons. The molecule has 0 saturated heterocycles. The van der Waals surface area contributed by atoms with E-state index in [2.05, 4.69) is 0 Å². The van der Waals surface area contributed by atoms with Gasteiger partial charge in [0.2, 0.25) is 0 Å². The van der Waals surface area contributed by atoms with Gasteiger partial charge in [0.25, 0.3) is 5.56 Å². The highest BCUT2D eigenvalue weighted by Crippen LogP contribution is 2.30. The van der Waals surface area contributed by atoms with Crippen LogP contribution in [-0.4, -0.2) is 9.67 Å². The molecule has 0 radical (unpaired) electrons. The number of phenols is 1. The number of para-hydroxylation sites is 1. The summed E-state index contributed by atoms with van der Waals surface area (Å²) in [6, 6.07) is 17.1. The Morgan fingerprint density at radius 3 is 2.20 bits per heavy atom. The second kappa shape index (κ2) is 5.49. The van der Waals surface area contributed by atoms with Crippen molar-refractivity contribution in [3.05, 3.63) is 81.6 Å². The van der Waals surface area contributed by atoms with E-state index in [-0.39, 0.29) is 11.3 Å². The second-order valence-electron chi connectivity index (χ2n) is 6.63. The zero-order valence-corrected chi connectivity index (χ0v) is 14.5. The van der Waals surface area contributed by atoms with E-state index in [9.17, 15) is 9.90 Å². The van der Waals surface area contributed by atoms with Crippen LogP contribution in [0.1, 0.15) is 16.7 Å². The summed E-state index contributed by atoms with van der Waals surface area (Å²) in [6.45, 7) is 6.02. The third kappa shape index (κ3) is 2.31. The molecule has 0 saturated carbocycles. The van der Waals surface area contributed by atoms with Crippen LogP contribution < -0.4 is 5.56 Å². The molecule has 0 atom stereocenters. The van der Waals surface area contributed by atoms with Gasteiger partial charge in [-0.25, -0.2) is 0 Å². The largest absolute Gasteiger partial charge is 0.508 e. The van der Waals surface area contributed by atoms with Crippen molar-refractivity contribution >= 4 is 21.7 Å². The molecule has 0 aliphatic carbocycles. The minimum atomic E-state index is -0.0644. The fraction of sp³-hybridized carbons (Fsp3) is 0.136. The van der Waals surface area contributed by atoms with E-state index in [0.717, 1.165) is 38.7 Å². The number of aromatic hydroxyl groups is 1. The van der Waals surface area contributed by atoms with E-state index >= 15 is 0 Å². The van der Waals surface area contributed by atoms with Gasteiger partial charge in [0.1, 0.15) is 5.75 Å². The number of pyridine rings is 1. The minimum absolute atomic E-state index is 0.0644. The highest BCUT2D eigenvalue weighted by molar-refractivity contribution is 6.06. The van der Waals surface area contributed by atoms with Gasteiger partial charge in [0.15, 0.2) is 0 Å². The molecule has 1 heterocycles. The third-order valence-corrected chi connectivity index (χ3v) is 4.78. The van der Waals surface area contributed by atoms with Gasteiger partial charge < -0.3 is 5.11 Å². The molecule has 0 aliphatic heterocycles. The number of phenolic OH excluding ortho intramolecular Hbond substituents is 1. The Hall–Kier alpha value is -3.07. The molecule has 3 heteroatoms. The molecule has 1 N–H and O–H groups in total. The van der Waals surface area contributed by atoms with Crippen molar-refractivity contribution in [3.8, 4) is 11.4 Å². The lowest BCUT2D eigenvalue weighted by Crippen LogP contribution is -2.21. The Morgan fingerprint density at radius 2 is 1.48 bits per heavy atom. The number of fused-ring (bicyclic) bond motifs is 3. The number of hydrogen-bond acceptors (Lipinski definition) is 2. The van der Waals surface area contributed by atoms with Crippen LogP contribution in [0.2, 0.25) is 0 Å². The summed E-state index contributed by atoms with van der Waals surface area (Å²) in [6.07, 6.45) is 0. The number of aryl methyl sites for hydroxylation is 3. The molecule has 0 fully saturated rings. The summed E-state index contributed by atoms with van der Waals surface area (Å²) in [5.74, 6) is 0.152. The summed E-state index contributed by atoms with van der Waals surface area (Å²) in [4.78, 5) is 13.4. The maximum atomic E-state index is 13.4. The molecule has 4 aromatic rings. The molecule has 3 nitrogen and oxygen atoms in total. The van der Waals surface area contributed by atoms with Crippen molar-refractivity contribution in [2.24, 2.45) is 0 Å². The van der Waals surface area contributed by atoms with Crippen LogP contribution in [0.4, 0.5) is 0 Å². The molecule has 0 spiro atoms. The van der Waals surface area contributed by atoms with Crippen LogP contribution >= 0.6 is 0 Å². The monoisotopic (exact) mass is 329 g/mol. The lowest BCUT2D eigenvalue weighted by molar-refractivity contribution is 0.476. The Balaban J connectivity index is 2.31. The second-order valence-corrected chi connectivity index (χ2v) is 6.63. The molecule has 25 heavy (non-hydrogen) atoms. The first kappa shape index (κ1) is 15.5. The van der Waals surface area contributed by atoms with Crippen molar-refractivity contribution in [1.29, 1.82) is 0 Å².